The van der Waals surface area contributed by atoms with Gasteiger partial charge in [0.15, 0.2) is 0 Å². The number of ether oxygens (including phenoxy) is 2. The quantitative estimate of drug-likeness (QED) is 0.638. The fourth-order valence-corrected chi connectivity index (χ4v) is 2.22. The van der Waals surface area contributed by atoms with E-state index in [1.165, 1.54) is 11.1 Å². The van der Waals surface area contributed by atoms with Crippen LogP contribution in [0.4, 0.5) is 0 Å². The van der Waals surface area contributed by atoms with E-state index in [9.17, 15) is 0 Å². The van der Waals surface area contributed by atoms with Crippen molar-refractivity contribution in [1.82, 2.24) is 0 Å². The van der Waals surface area contributed by atoms with Gasteiger partial charge in [0.05, 0.1) is 0 Å². The first kappa shape index (κ1) is 16.4. The zero-order valence-corrected chi connectivity index (χ0v) is 14.0. The standard InChI is InChI=1S/C20H26O2/c1-15(2)17-5-9-19(10-6-17)21-13-14-22-20-11-7-18(8-12-20)16(3)4/h5-12,15-16H,13-14H2,1-4H3. The lowest BCUT2D eigenvalue weighted by molar-refractivity contribution is 0.217. The van der Waals surface area contributed by atoms with Crippen LogP contribution in [-0.4, -0.2) is 13.2 Å². The van der Waals surface area contributed by atoms with E-state index in [1.807, 2.05) is 24.3 Å². The Balaban J connectivity index is 1.74. The Morgan fingerprint density at radius 1 is 0.591 bits per heavy atom. The van der Waals surface area contributed by atoms with Crippen LogP contribution in [0.3, 0.4) is 0 Å². The molecule has 2 heteroatoms. The molecular weight excluding hydrogens is 272 g/mol. The maximum Gasteiger partial charge on any atom is 0.122 e. The van der Waals surface area contributed by atoms with Crippen LogP contribution in [0, 0.1) is 0 Å². The van der Waals surface area contributed by atoms with Crippen LogP contribution in [0.15, 0.2) is 48.5 Å². The van der Waals surface area contributed by atoms with Gasteiger partial charge in [-0.25, -0.2) is 0 Å². The highest BCUT2D eigenvalue weighted by molar-refractivity contribution is 5.29. The van der Waals surface area contributed by atoms with Crippen molar-refractivity contribution in [3.05, 3.63) is 59.7 Å². The lowest BCUT2D eigenvalue weighted by Gasteiger charge is -2.11. The summed E-state index contributed by atoms with van der Waals surface area (Å²) in [5.74, 6) is 2.88. The molecule has 0 saturated heterocycles. The van der Waals surface area contributed by atoms with Crippen molar-refractivity contribution in [3.8, 4) is 11.5 Å². The molecule has 0 amide bonds. The highest BCUT2D eigenvalue weighted by Gasteiger charge is 2.01. The number of hydrogen-bond donors (Lipinski definition) is 0. The molecule has 0 atom stereocenters. The SMILES string of the molecule is CC(C)c1ccc(OCCOc2ccc(C(C)C)cc2)cc1. The molecule has 2 aromatic rings. The molecule has 118 valence electrons. The second kappa shape index (κ2) is 7.88. The minimum atomic E-state index is 0.547. The van der Waals surface area contributed by atoms with Crippen LogP contribution in [0.25, 0.3) is 0 Å². The molecule has 2 nitrogen and oxygen atoms in total. The number of hydrogen-bond acceptors (Lipinski definition) is 2. The Kier molecular flexibility index (Phi) is 5.88. The molecule has 0 radical (unpaired) electrons. The average molecular weight is 298 g/mol. The summed E-state index contributed by atoms with van der Waals surface area (Å²) in [5.41, 5.74) is 2.66. The lowest BCUT2D eigenvalue weighted by Crippen LogP contribution is -2.09. The van der Waals surface area contributed by atoms with Gasteiger partial charge in [-0.1, -0.05) is 52.0 Å². The fraction of sp³-hybridized carbons (Fsp3) is 0.400. The van der Waals surface area contributed by atoms with E-state index in [0.717, 1.165) is 11.5 Å². The molecule has 2 aromatic carbocycles. The second-order valence-electron chi connectivity index (χ2n) is 6.14. The highest BCUT2D eigenvalue weighted by atomic mass is 16.5. The molecule has 0 aliphatic heterocycles. The molecule has 0 bridgehead atoms. The van der Waals surface area contributed by atoms with Crippen molar-refractivity contribution in [1.29, 1.82) is 0 Å². The van der Waals surface area contributed by atoms with Gasteiger partial charge in [-0.05, 0) is 47.2 Å². The molecule has 2 rings (SSSR count). The monoisotopic (exact) mass is 298 g/mol. The molecular formula is C20H26O2. The molecule has 0 unspecified atom stereocenters. The largest absolute Gasteiger partial charge is 0.490 e. The summed E-state index contributed by atoms with van der Waals surface area (Å²) in [6.07, 6.45) is 0. The first-order valence-electron chi connectivity index (χ1n) is 8.02. The van der Waals surface area contributed by atoms with Gasteiger partial charge in [0.2, 0.25) is 0 Å². The Bertz CT molecular complexity index is 500. The Morgan fingerprint density at radius 3 is 1.18 bits per heavy atom. The molecule has 0 heterocycles. The van der Waals surface area contributed by atoms with E-state index >= 15 is 0 Å². The van der Waals surface area contributed by atoms with Crippen LogP contribution in [0.5, 0.6) is 11.5 Å². The molecule has 0 spiro atoms. The maximum absolute atomic E-state index is 5.70. The van der Waals surface area contributed by atoms with Gasteiger partial charge in [-0.15, -0.1) is 0 Å². The zero-order valence-electron chi connectivity index (χ0n) is 14.0. The molecule has 0 aliphatic rings. The van der Waals surface area contributed by atoms with Crippen LogP contribution < -0.4 is 9.47 Å². The van der Waals surface area contributed by atoms with Crippen LogP contribution in [0.1, 0.15) is 50.7 Å². The van der Waals surface area contributed by atoms with Crippen molar-refractivity contribution >= 4 is 0 Å². The second-order valence-corrected chi connectivity index (χ2v) is 6.14. The highest BCUT2D eigenvalue weighted by Crippen LogP contribution is 2.20. The van der Waals surface area contributed by atoms with Crippen molar-refractivity contribution in [3.63, 3.8) is 0 Å². The van der Waals surface area contributed by atoms with Gasteiger partial charge in [-0.2, -0.15) is 0 Å². The van der Waals surface area contributed by atoms with Crippen LogP contribution in [-0.2, 0) is 0 Å². The minimum absolute atomic E-state index is 0.547. The van der Waals surface area contributed by atoms with Gasteiger partial charge in [0.1, 0.15) is 24.7 Å². The summed E-state index contributed by atoms with van der Waals surface area (Å²) >= 11 is 0. The minimum Gasteiger partial charge on any atom is -0.490 e. The van der Waals surface area contributed by atoms with Gasteiger partial charge in [-0.3, -0.25) is 0 Å². The van der Waals surface area contributed by atoms with Crippen molar-refractivity contribution in [2.24, 2.45) is 0 Å². The summed E-state index contributed by atoms with van der Waals surface area (Å²) in [6.45, 7) is 9.85. The van der Waals surface area contributed by atoms with Crippen molar-refractivity contribution in [2.75, 3.05) is 13.2 Å². The Labute approximate surface area is 134 Å². The summed E-state index contributed by atoms with van der Waals surface area (Å²) in [6, 6.07) is 16.5. The molecule has 0 saturated carbocycles. The van der Waals surface area contributed by atoms with Crippen LogP contribution in [0.2, 0.25) is 0 Å². The summed E-state index contributed by atoms with van der Waals surface area (Å²) in [7, 11) is 0. The van der Waals surface area contributed by atoms with E-state index in [0.29, 0.717) is 25.0 Å². The topological polar surface area (TPSA) is 18.5 Å². The zero-order chi connectivity index (χ0) is 15.9. The van der Waals surface area contributed by atoms with Crippen LogP contribution >= 0.6 is 0 Å². The van der Waals surface area contributed by atoms with E-state index in [4.69, 9.17) is 9.47 Å². The number of benzene rings is 2. The molecule has 0 fully saturated rings. The molecule has 22 heavy (non-hydrogen) atoms. The van der Waals surface area contributed by atoms with Gasteiger partial charge < -0.3 is 9.47 Å². The third-order valence-corrected chi connectivity index (χ3v) is 3.71. The predicted octanol–water partition coefficient (Wildman–Crippen LogP) is 5.39. The third kappa shape index (κ3) is 4.80. The summed E-state index contributed by atoms with van der Waals surface area (Å²) in [4.78, 5) is 0. The van der Waals surface area contributed by atoms with Crippen molar-refractivity contribution in [2.45, 2.75) is 39.5 Å². The number of rotatable bonds is 7. The van der Waals surface area contributed by atoms with E-state index in [1.54, 1.807) is 0 Å². The normalized spacial score (nSPS) is 11.0. The Morgan fingerprint density at radius 2 is 0.909 bits per heavy atom. The first-order chi connectivity index (χ1) is 10.6. The average Bonchev–Trinajstić information content (AvgIpc) is 2.52. The van der Waals surface area contributed by atoms with E-state index in [2.05, 4.69) is 52.0 Å². The predicted molar refractivity (Wildman–Crippen MR) is 92.1 cm³/mol. The molecule has 0 N–H and O–H groups in total. The summed E-state index contributed by atoms with van der Waals surface area (Å²) in [5, 5.41) is 0. The van der Waals surface area contributed by atoms with E-state index < -0.39 is 0 Å². The van der Waals surface area contributed by atoms with Gasteiger partial charge >= 0.3 is 0 Å². The van der Waals surface area contributed by atoms with Gasteiger partial charge in [0, 0.05) is 0 Å². The lowest BCUT2D eigenvalue weighted by atomic mass is 10.0. The molecule has 0 aliphatic carbocycles. The van der Waals surface area contributed by atoms with Gasteiger partial charge in [0.25, 0.3) is 0 Å². The van der Waals surface area contributed by atoms with Crippen molar-refractivity contribution < 1.29 is 9.47 Å². The first-order valence-corrected chi connectivity index (χ1v) is 8.02. The third-order valence-electron chi connectivity index (χ3n) is 3.71. The summed E-state index contributed by atoms with van der Waals surface area (Å²) < 4.78 is 11.4. The smallest absolute Gasteiger partial charge is 0.122 e. The Hall–Kier alpha value is -1.96. The fourth-order valence-electron chi connectivity index (χ4n) is 2.22. The molecule has 0 aromatic heterocycles. The van der Waals surface area contributed by atoms with E-state index in [-0.39, 0.29) is 0 Å². The maximum atomic E-state index is 5.70.